The summed E-state index contributed by atoms with van der Waals surface area (Å²) < 4.78 is 5.43. The fourth-order valence-electron chi connectivity index (χ4n) is 2.02. The first-order valence-electron chi connectivity index (χ1n) is 4.76. The minimum atomic E-state index is -0.256. The molecule has 13 heavy (non-hydrogen) atoms. The van der Waals surface area contributed by atoms with Crippen molar-refractivity contribution in [2.24, 2.45) is 5.73 Å². The molecule has 4 nitrogen and oxygen atoms in total. The second kappa shape index (κ2) is 2.96. The van der Waals surface area contributed by atoms with Crippen molar-refractivity contribution in [1.82, 2.24) is 4.90 Å². The van der Waals surface area contributed by atoms with Gasteiger partial charge in [0.25, 0.3) is 0 Å². The average molecular weight is 184 g/mol. The van der Waals surface area contributed by atoms with Gasteiger partial charge in [-0.2, -0.15) is 0 Å². The number of hydrogen-bond acceptors (Lipinski definition) is 3. The van der Waals surface area contributed by atoms with Gasteiger partial charge in [0.1, 0.15) is 6.04 Å². The molecule has 1 saturated heterocycles. The van der Waals surface area contributed by atoms with E-state index in [9.17, 15) is 4.79 Å². The summed E-state index contributed by atoms with van der Waals surface area (Å²) in [6.45, 7) is 1.43. The molecule has 0 spiro atoms. The predicted molar refractivity (Wildman–Crippen MR) is 48.1 cm³/mol. The average Bonchev–Trinajstić information content (AvgIpc) is 2.09. The Kier molecular flexibility index (Phi) is 2.04. The second-order valence-corrected chi connectivity index (χ2v) is 4.07. The van der Waals surface area contributed by atoms with E-state index < -0.39 is 0 Å². The van der Waals surface area contributed by atoms with E-state index in [1.54, 1.807) is 12.0 Å². The number of methoxy groups -OCH3 is 1. The van der Waals surface area contributed by atoms with Crippen molar-refractivity contribution >= 4 is 5.91 Å². The summed E-state index contributed by atoms with van der Waals surface area (Å²) >= 11 is 0. The summed E-state index contributed by atoms with van der Waals surface area (Å²) in [4.78, 5) is 13.0. The lowest BCUT2D eigenvalue weighted by atomic mass is 9.79. The Morgan fingerprint density at radius 1 is 1.69 bits per heavy atom. The van der Waals surface area contributed by atoms with Crippen LogP contribution in [0.25, 0.3) is 0 Å². The smallest absolute Gasteiger partial charge is 0.241 e. The fraction of sp³-hybridized carbons (Fsp3) is 0.889. The van der Waals surface area contributed by atoms with Gasteiger partial charge in [-0.15, -0.1) is 0 Å². The van der Waals surface area contributed by atoms with Gasteiger partial charge >= 0.3 is 0 Å². The number of carbonyl (C=O) groups excluding carboxylic acids is 1. The Hall–Kier alpha value is -0.610. The Labute approximate surface area is 78.0 Å². The molecule has 2 N–H and O–H groups in total. The van der Waals surface area contributed by atoms with Crippen molar-refractivity contribution in [2.45, 2.75) is 30.9 Å². The maximum absolute atomic E-state index is 11.2. The molecule has 0 radical (unpaired) electrons. The quantitative estimate of drug-likeness (QED) is 0.614. The molecule has 0 bridgehead atoms. The monoisotopic (exact) mass is 184 g/mol. The lowest BCUT2D eigenvalue weighted by molar-refractivity contribution is -0.154. The Balaban J connectivity index is 1.87. The Morgan fingerprint density at radius 2 is 2.38 bits per heavy atom. The molecule has 1 aliphatic heterocycles. The van der Waals surface area contributed by atoms with Crippen LogP contribution in [-0.2, 0) is 9.53 Å². The number of carbonyl (C=O) groups is 1. The van der Waals surface area contributed by atoms with Gasteiger partial charge in [-0.1, -0.05) is 0 Å². The van der Waals surface area contributed by atoms with E-state index in [0.29, 0.717) is 6.54 Å². The molecule has 0 aromatic heterocycles. The van der Waals surface area contributed by atoms with E-state index in [4.69, 9.17) is 10.5 Å². The van der Waals surface area contributed by atoms with Gasteiger partial charge in [-0.05, 0) is 19.3 Å². The van der Waals surface area contributed by atoms with Crippen molar-refractivity contribution in [2.75, 3.05) is 20.2 Å². The normalized spacial score (nSPS) is 31.1. The zero-order chi connectivity index (χ0) is 9.47. The van der Waals surface area contributed by atoms with Gasteiger partial charge in [0.05, 0.1) is 5.60 Å². The molecular weight excluding hydrogens is 168 g/mol. The number of amides is 1. The molecule has 2 rings (SSSR count). The van der Waals surface area contributed by atoms with Gasteiger partial charge in [0.2, 0.25) is 5.91 Å². The molecular formula is C9H16N2O2. The second-order valence-electron chi connectivity index (χ2n) is 4.07. The minimum Gasteiger partial charge on any atom is -0.376 e. The van der Waals surface area contributed by atoms with Gasteiger partial charge in [-0.25, -0.2) is 0 Å². The number of likely N-dealkylation sites (tertiary alicyclic amines) is 1. The third-order valence-corrected chi connectivity index (χ3v) is 3.22. The van der Waals surface area contributed by atoms with E-state index in [2.05, 4.69) is 0 Å². The zero-order valence-corrected chi connectivity index (χ0v) is 7.95. The van der Waals surface area contributed by atoms with Crippen LogP contribution < -0.4 is 5.73 Å². The molecule has 1 amide bonds. The van der Waals surface area contributed by atoms with Gasteiger partial charge in [-0.3, -0.25) is 4.79 Å². The third-order valence-electron chi connectivity index (χ3n) is 3.22. The number of β-lactam (4-membered cyclic amide) rings is 1. The van der Waals surface area contributed by atoms with E-state index >= 15 is 0 Å². The number of hydrogen-bond donors (Lipinski definition) is 1. The predicted octanol–water partition coefficient (Wildman–Crippen LogP) is -0.275. The molecule has 2 fully saturated rings. The van der Waals surface area contributed by atoms with Crippen molar-refractivity contribution in [1.29, 1.82) is 0 Å². The molecule has 1 heterocycles. The highest BCUT2D eigenvalue weighted by Crippen LogP contribution is 2.36. The van der Waals surface area contributed by atoms with Crippen molar-refractivity contribution < 1.29 is 9.53 Å². The van der Waals surface area contributed by atoms with Crippen molar-refractivity contribution in [3.05, 3.63) is 0 Å². The van der Waals surface area contributed by atoms with Crippen LogP contribution >= 0.6 is 0 Å². The van der Waals surface area contributed by atoms with E-state index in [0.717, 1.165) is 19.4 Å². The highest BCUT2D eigenvalue weighted by molar-refractivity contribution is 5.87. The maximum atomic E-state index is 11.2. The molecule has 1 atom stereocenters. The SMILES string of the molecule is COC1(CN2CC(N)C2=O)CCC1. The first-order valence-corrected chi connectivity index (χ1v) is 4.76. The van der Waals surface area contributed by atoms with Crippen LogP contribution in [0.5, 0.6) is 0 Å². The van der Waals surface area contributed by atoms with Crippen LogP contribution in [0.2, 0.25) is 0 Å². The molecule has 74 valence electrons. The van der Waals surface area contributed by atoms with Gasteiger partial charge in [0, 0.05) is 20.2 Å². The maximum Gasteiger partial charge on any atom is 0.241 e. The van der Waals surface area contributed by atoms with E-state index in [-0.39, 0.29) is 17.6 Å². The van der Waals surface area contributed by atoms with Crippen LogP contribution in [0.3, 0.4) is 0 Å². The number of rotatable bonds is 3. The molecule has 0 aromatic carbocycles. The molecule has 1 saturated carbocycles. The first kappa shape index (κ1) is 8.97. The Bertz CT molecular complexity index is 220. The highest BCUT2D eigenvalue weighted by atomic mass is 16.5. The zero-order valence-electron chi connectivity index (χ0n) is 7.95. The number of ether oxygens (including phenoxy) is 1. The van der Waals surface area contributed by atoms with Crippen LogP contribution in [0.1, 0.15) is 19.3 Å². The number of nitrogens with zero attached hydrogens (tertiary/aromatic N) is 1. The van der Waals surface area contributed by atoms with Crippen LogP contribution in [0.4, 0.5) is 0 Å². The van der Waals surface area contributed by atoms with Crippen LogP contribution in [0, 0.1) is 0 Å². The molecule has 0 aromatic rings. The number of nitrogens with two attached hydrogens (primary N) is 1. The van der Waals surface area contributed by atoms with E-state index in [1.165, 1.54) is 6.42 Å². The summed E-state index contributed by atoms with van der Waals surface area (Å²) in [5.41, 5.74) is 5.45. The molecule has 1 unspecified atom stereocenters. The molecule has 1 aliphatic carbocycles. The first-order chi connectivity index (χ1) is 6.17. The fourth-order valence-corrected chi connectivity index (χ4v) is 2.02. The largest absolute Gasteiger partial charge is 0.376 e. The summed E-state index contributed by atoms with van der Waals surface area (Å²) in [7, 11) is 1.73. The van der Waals surface area contributed by atoms with E-state index in [1.807, 2.05) is 0 Å². The third kappa shape index (κ3) is 1.34. The highest BCUT2D eigenvalue weighted by Gasteiger charge is 2.44. The summed E-state index contributed by atoms with van der Waals surface area (Å²) in [6.07, 6.45) is 3.35. The standard InChI is InChI=1S/C9H16N2O2/c1-13-9(3-2-4-9)6-11-5-7(10)8(11)12/h7H,2-6,10H2,1H3. The van der Waals surface area contributed by atoms with Crippen molar-refractivity contribution in [3.8, 4) is 0 Å². The molecule has 4 heteroatoms. The molecule has 2 aliphatic rings. The van der Waals surface area contributed by atoms with Crippen molar-refractivity contribution in [3.63, 3.8) is 0 Å². The summed E-state index contributed by atoms with van der Waals surface area (Å²) in [6, 6.07) is -0.256. The summed E-state index contributed by atoms with van der Waals surface area (Å²) in [5, 5.41) is 0. The Morgan fingerprint density at radius 3 is 2.69 bits per heavy atom. The van der Waals surface area contributed by atoms with Crippen LogP contribution in [-0.4, -0.2) is 42.6 Å². The summed E-state index contributed by atoms with van der Waals surface area (Å²) in [5.74, 6) is 0.0725. The van der Waals surface area contributed by atoms with Gasteiger partial charge < -0.3 is 15.4 Å². The lowest BCUT2D eigenvalue weighted by Gasteiger charge is -2.47. The van der Waals surface area contributed by atoms with Crippen LogP contribution in [0.15, 0.2) is 0 Å². The van der Waals surface area contributed by atoms with Gasteiger partial charge in [0.15, 0.2) is 0 Å². The minimum absolute atomic E-state index is 0.0458. The topological polar surface area (TPSA) is 55.6 Å². The lowest BCUT2D eigenvalue weighted by Crippen LogP contribution is -2.65.